The van der Waals surface area contributed by atoms with Crippen molar-refractivity contribution in [1.82, 2.24) is 10.7 Å². The summed E-state index contributed by atoms with van der Waals surface area (Å²) in [5, 5.41) is 6.84. The zero-order valence-electron chi connectivity index (χ0n) is 16.3. The molecule has 0 aliphatic heterocycles. The quantitative estimate of drug-likeness (QED) is 0.514. The van der Waals surface area contributed by atoms with Crippen LogP contribution in [0, 0.1) is 0 Å². The molecule has 0 saturated heterocycles. The van der Waals surface area contributed by atoms with Crippen LogP contribution in [0.25, 0.3) is 0 Å². The van der Waals surface area contributed by atoms with E-state index in [0.717, 1.165) is 12.0 Å². The number of hydrogen-bond donors (Lipinski definition) is 2. The molecule has 0 aliphatic carbocycles. The predicted molar refractivity (Wildman–Crippen MR) is 108 cm³/mol. The third kappa shape index (κ3) is 6.42. The van der Waals surface area contributed by atoms with E-state index in [2.05, 4.69) is 15.8 Å². The summed E-state index contributed by atoms with van der Waals surface area (Å²) in [6, 6.07) is 14.7. The normalized spacial score (nSPS) is 10.9. The molecule has 28 heavy (non-hydrogen) atoms. The number of rotatable bonds is 9. The first-order valence-electron chi connectivity index (χ1n) is 8.89. The number of hydrazone groups is 1. The molecule has 2 N–H and O–H groups in total. The molecule has 2 rings (SSSR count). The maximum atomic E-state index is 12.2. The standard InChI is InChI=1S/C21H25N3O4/c1-15(13-20(25)22-12-11-16-7-5-4-6-8-16)23-24-21(26)17-9-10-18(27-2)19(14-17)28-3/h4-10,14H,11-13H2,1-3H3,(H,22,25)(H,24,26)/b23-15-. The van der Waals surface area contributed by atoms with Gasteiger partial charge in [0.25, 0.3) is 5.91 Å². The molecule has 7 nitrogen and oxygen atoms in total. The molecule has 0 aromatic heterocycles. The van der Waals surface area contributed by atoms with Crippen molar-refractivity contribution >= 4 is 17.5 Å². The van der Waals surface area contributed by atoms with Crippen LogP contribution in [-0.4, -0.2) is 38.3 Å². The first-order valence-corrected chi connectivity index (χ1v) is 8.89. The van der Waals surface area contributed by atoms with E-state index >= 15 is 0 Å². The molecule has 0 atom stereocenters. The van der Waals surface area contributed by atoms with Gasteiger partial charge >= 0.3 is 0 Å². The minimum Gasteiger partial charge on any atom is -0.493 e. The lowest BCUT2D eigenvalue weighted by atomic mass is 10.1. The van der Waals surface area contributed by atoms with Gasteiger partial charge in [0.05, 0.1) is 20.6 Å². The van der Waals surface area contributed by atoms with Gasteiger partial charge in [0.1, 0.15) is 0 Å². The van der Waals surface area contributed by atoms with E-state index in [1.165, 1.54) is 14.2 Å². The maximum Gasteiger partial charge on any atom is 0.271 e. The van der Waals surface area contributed by atoms with E-state index in [9.17, 15) is 9.59 Å². The molecule has 2 aromatic carbocycles. The first-order chi connectivity index (χ1) is 13.5. The number of nitrogens with zero attached hydrogens (tertiary/aromatic N) is 1. The molecule has 2 amide bonds. The molecule has 0 radical (unpaired) electrons. The van der Waals surface area contributed by atoms with Crippen LogP contribution in [-0.2, 0) is 11.2 Å². The number of nitrogens with one attached hydrogen (secondary N) is 2. The fourth-order valence-electron chi connectivity index (χ4n) is 2.51. The Morgan fingerprint density at radius 1 is 1.00 bits per heavy atom. The lowest BCUT2D eigenvalue weighted by Gasteiger charge is -2.09. The first kappa shape index (κ1) is 21.0. The van der Waals surface area contributed by atoms with Crippen LogP contribution in [0.15, 0.2) is 53.6 Å². The Balaban J connectivity index is 1.81. The smallest absolute Gasteiger partial charge is 0.271 e. The summed E-state index contributed by atoms with van der Waals surface area (Å²) in [6.07, 6.45) is 0.875. The van der Waals surface area contributed by atoms with Gasteiger partial charge in [0.2, 0.25) is 5.91 Å². The van der Waals surface area contributed by atoms with Crippen molar-refractivity contribution in [3.8, 4) is 11.5 Å². The number of carbonyl (C=O) groups excluding carboxylic acids is 2. The van der Waals surface area contributed by atoms with Crippen molar-refractivity contribution in [1.29, 1.82) is 0 Å². The van der Waals surface area contributed by atoms with Gasteiger partial charge in [-0.05, 0) is 37.1 Å². The van der Waals surface area contributed by atoms with Crippen molar-refractivity contribution in [3.05, 3.63) is 59.7 Å². The Hall–Kier alpha value is -3.35. The van der Waals surface area contributed by atoms with Crippen LogP contribution < -0.4 is 20.2 Å². The minimum absolute atomic E-state index is 0.112. The van der Waals surface area contributed by atoms with Gasteiger partial charge in [-0.2, -0.15) is 5.10 Å². The van der Waals surface area contributed by atoms with Gasteiger partial charge in [-0.1, -0.05) is 30.3 Å². The summed E-state index contributed by atoms with van der Waals surface area (Å²) in [5.41, 5.74) is 4.49. The molecule has 0 unspecified atom stereocenters. The summed E-state index contributed by atoms with van der Waals surface area (Å²) in [5.74, 6) is 0.446. The van der Waals surface area contributed by atoms with Crippen molar-refractivity contribution in [3.63, 3.8) is 0 Å². The molecular weight excluding hydrogens is 358 g/mol. The molecule has 7 heteroatoms. The third-order valence-electron chi connectivity index (χ3n) is 3.99. The van der Waals surface area contributed by atoms with Crippen molar-refractivity contribution < 1.29 is 19.1 Å². The van der Waals surface area contributed by atoms with E-state index in [-0.39, 0.29) is 12.3 Å². The van der Waals surface area contributed by atoms with E-state index < -0.39 is 5.91 Å². The highest BCUT2D eigenvalue weighted by molar-refractivity contribution is 6.01. The van der Waals surface area contributed by atoms with Crippen molar-refractivity contribution in [2.75, 3.05) is 20.8 Å². The molecule has 0 heterocycles. The summed E-state index contributed by atoms with van der Waals surface area (Å²) in [7, 11) is 3.02. The maximum absolute atomic E-state index is 12.2. The van der Waals surface area contributed by atoms with E-state index in [4.69, 9.17) is 9.47 Å². The van der Waals surface area contributed by atoms with E-state index in [0.29, 0.717) is 29.3 Å². The van der Waals surface area contributed by atoms with Crippen LogP contribution in [0.2, 0.25) is 0 Å². The van der Waals surface area contributed by atoms with E-state index in [1.54, 1.807) is 25.1 Å². The zero-order chi connectivity index (χ0) is 20.4. The molecule has 0 spiro atoms. The monoisotopic (exact) mass is 383 g/mol. The fourth-order valence-corrected chi connectivity index (χ4v) is 2.51. The Bertz CT molecular complexity index is 835. The predicted octanol–water partition coefficient (Wildman–Crippen LogP) is 2.56. The number of carbonyl (C=O) groups is 2. The summed E-state index contributed by atoms with van der Waals surface area (Å²) in [6.45, 7) is 2.24. The summed E-state index contributed by atoms with van der Waals surface area (Å²) < 4.78 is 10.3. The fraction of sp³-hybridized carbons (Fsp3) is 0.286. The second-order valence-corrected chi connectivity index (χ2v) is 6.12. The third-order valence-corrected chi connectivity index (χ3v) is 3.99. The lowest BCUT2D eigenvalue weighted by molar-refractivity contribution is -0.119. The molecule has 2 aromatic rings. The van der Waals surface area contributed by atoms with Gasteiger partial charge in [-0.15, -0.1) is 0 Å². The van der Waals surface area contributed by atoms with Crippen LogP contribution >= 0.6 is 0 Å². The van der Waals surface area contributed by atoms with Crippen molar-refractivity contribution in [2.24, 2.45) is 5.10 Å². The number of ether oxygens (including phenoxy) is 2. The summed E-state index contributed by atoms with van der Waals surface area (Å²) >= 11 is 0. The van der Waals surface area contributed by atoms with Gasteiger partial charge in [0.15, 0.2) is 11.5 Å². The number of hydrogen-bond acceptors (Lipinski definition) is 5. The second kappa shape index (κ2) is 10.7. The van der Waals surface area contributed by atoms with Crippen LogP contribution in [0.5, 0.6) is 11.5 Å². The highest BCUT2D eigenvalue weighted by Crippen LogP contribution is 2.27. The molecular formula is C21H25N3O4. The number of methoxy groups -OCH3 is 2. The molecule has 0 bridgehead atoms. The highest BCUT2D eigenvalue weighted by atomic mass is 16.5. The average molecular weight is 383 g/mol. The van der Waals surface area contributed by atoms with Crippen LogP contribution in [0.4, 0.5) is 0 Å². The lowest BCUT2D eigenvalue weighted by Crippen LogP contribution is -2.28. The molecule has 0 saturated carbocycles. The Labute approximate surface area is 164 Å². The zero-order valence-corrected chi connectivity index (χ0v) is 16.3. The number of benzene rings is 2. The molecule has 148 valence electrons. The largest absolute Gasteiger partial charge is 0.493 e. The molecule has 0 fully saturated rings. The molecule has 0 aliphatic rings. The second-order valence-electron chi connectivity index (χ2n) is 6.12. The van der Waals surface area contributed by atoms with Gasteiger partial charge in [-0.3, -0.25) is 9.59 Å². The van der Waals surface area contributed by atoms with Gasteiger partial charge < -0.3 is 14.8 Å². The minimum atomic E-state index is -0.398. The van der Waals surface area contributed by atoms with Crippen LogP contribution in [0.1, 0.15) is 29.3 Å². The highest BCUT2D eigenvalue weighted by Gasteiger charge is 2.11. The Morgan fingerprint density at radius 2 is 1.71 bits per heavy atom. The van der Waals surface area contributed by atoms with Crippen LogP contribution in [0.3, 0.4) is 0 Å². The number of amides is 2. The average Bonchev–Trinajstić information content (AvgIpc) is 2.72. The topological polar surface area (TPSA) is 89.0 Å². The van der Waals surface area contributed by atoms with Gasteiger partial charge in [-0.25, -0.2) is 5.43 Å². The summed E-state index contributed by atoms with van der Waals surface area (Å²) in [4.78, 5) is 24.2. The Kier molecular flexibility index (Phi) is 8.02. The SMILES string of the molecule is COc1ccc(C(=O)N/N=C(/C)CC(=O)NCCc2ccccc2)cc1OC. The Morgan fingerprint density at radius 3 is 2.39 bits per heavy atom. The van der Waals surface area contributed by atoms with Gasteiger partial charge in [0, 0.05) is 17.8 Å². The van der Waals surface area contributed by atoms with E-state index in [1.807, 2.05) is 30.3 Å². The van der Waals surface area contributed by atoms with Crippen molar-refractivity contribution in [2.45, 2.75) is 19.8 Å².